The van der Waals surface area contributed by atoms with Gasteiger partial charge in [0.05, 0.1) is 30.5 Å². The van der Waals surface area contributed by atoms with Crippen molar-refractivity contribution < 1.29 is 9.53 Å². The van der Waals surface area contributed by atoms with Gasteiger partial charge in [0.2, 0.25) is 5.91 Å². The van der Waals surface area contributed by atoms with E-state index < -0.39 is 0 Å². The number of rotatable bonds is 7. The summed E-state index contributed by atoms with van der Waals surface area (Å²) in [6, 6.07) is 10.1. The lowest BCUT2D eigenvalue weighted by atomic mass is 9.98. The zero-order chi connectivity index (χ0) is 20.1. The van der Waals surface area contributed by atoms with Crippen LogP contribution in [0.2, 0.25) is 0 Å². The molecule has 1 fully saturated rings. The normalized spacial score (nSPS) is 17.2. The van der Waals surface area contributed by atoms with E-state index in [0.717, 1.165) is 49.4 Å². The third kappa shape index (κ3) is 4.93. The Kier molecular flexibility index (Phi) is 6.73. The lowest BCUT2D eigenvalue weighted by Crippen LogP contribution is -2.39. The predicted octanol–water partition coefficient (Wildman–Crippen LogP) is 3.18. The fraction of sp³-hybridized carbons (Fsp3) is 0.545. The van der Waals surface area contributed by atoms with Crippen LogP contribution in [0.1, 0.15) is 49.2 Å². The average molecular weight is 385 g/mol. The molecule has 6 heteroatoms. The number of likely N-dealkylation sites (tertiary alicyclic amines) is 1. The topological polar surface area (TPSA) is 50.6 Å². The second kappa shape index (κ2) is 9.24. The maximum Gasteiger partial charge on any atom is 0.227 e. The molecule has 6 nitrogen and oxygen atoms in total. The van der Waals surface area contributed by atoms with Crippen molar-refractivity contribution >= 4 is 5.91 Å². The Hall–Kier alpha value is -2.34. The van der Waals surface area contributed by atoms with Gasteiger partial charge in [0.25, 0.3) is 0 Å². The summed E-state index contributed by atoms with van der Waals surface area (Å²) in [7, 11) is 6.09. The van der Waals surface area contributed by atoms with Gasteiger partial charge < -0.3 is 14.5 Å². The maximum atomic E-state index is 13.1. The van der Waals surface area contributed by atoms with E-state index in [-0.39, 0.29) is 11.9 Å². The number of aromatic nitrogens is 2. The van der Waals surface area contributed by atoms with E-state index >= 15 is 0 Å². The Labute approximate surface area is 168 Å². The van der Waals surface area contributed by atoms with Crippen LogP contribution in [0.4, 0.5) is 0 Å². The van der Waals surface area contributed by atoms with E-state index in [4.69, 9.17) is 9.84 Å². The van der Waals surface area contributed by atoms with E-state index in [1.54, 1.807) is 0 Å². The summed E-state index contributed by atoms with van der Waals surface area (Å²) in [5.74, 6) is 1.02. The summed E-state index contributed by atoms with van der Waals surface area (Å²) in [6.07, 6.45) is 3.59. The molecule has 1 aromatic heterocycles. The Morgan fingerprint density at radius 1 is 1.25 bits per heavy atom. The first-order chi connectivity index (χ1) is 13.5. The van der Waals surface area contributed by atoms with Gasteiger partial charge in [-0.3, -0.25) is 9.48 Å². The Morgan fingerprint density at radius 3 is 2.68 bits per heavy atom. The molecule has 0 unspecified atom stereocenters. The number of benzene rings is 1. The number of aryl methyl sites for hydroxylation is 1. The highest BCUT2D eigenvalue weighted by molar-refractivity contribution is 5.79. The number of piperidine rings is 1. The van der Waals surface area contributed by atoms with Gasteiger partial charge in [-0.05, 0) is 64.0 Å². The molecule has 2 aromatic rings. The Bertz CT molecular complexity index is 782. The molecule has 0 radical (unpaired) electrons. The average Bonchev–Trinajstić information content (AvgIpc) is 3.03. The second-order valence-electron chi connectivity index (χ2n) is 7.77. The van der Waals surface area contributed by atoms with Gasteiger partial charge >= 0.3 is 0 Å². The molecule has 0 bridgehead atoms. The number of nitrogens with zero attached hydrogens (tertiary/aromatic N) is 4. The van der Waals surface area contributed by atoms with Crippen LogP contribution in [0.25, 0.3) is 0 Å². The number of ether oxygens (including phenoxy) is 1. The van der Waals surface area contributed by atoms with Crippen molar-refractivity contribution in [1.29, 1.82) is 0 Å². The summed E-state index contributed by atoms with van der Waals surface area (Å²) < 4.78 is 7.43. The highest BCUT2D eigenvalue weighted by Crippen LogP contribution is 2.31. The van der Waals surface area contributed by atoms with Crippen molar-refractivity contribution in [1.82, 2.24) is 19.6 Å². The lowest BCUT2D eigenvalue weighted by molar-refractivity contribution is -0.134. The number of hydrogen-bond acceptors (Lipinski definition) is 4. The van der Waals surface area contributed by atoms with E-state index in [2.05, 4.69) is 25.1 Å². The van der Waals surface area contributed by atoms with E-state index in [0.29, 0.717) is 13.0 Å². The predicted molar refractivity (Wildman–Crippen MR) is 110 cm³/mol. The summed E-state index contributed by atoms with van der Waals surface area (Å²) in [4.78, 5) is 17.2. The van der Waals surface area contributed by atoms with Gasteiger partial charge in [0.15, 0.2) is 0 Å². The van der Waals surface area contributed by atoms with E-state index in [9.17, 15) is 4.79 Å². The first-order valence-corrected chi connectivity index (χ1v) is 10.2. The maximum absolute atomic E-state index is 13.1. The van der Waals surface area contributed by atoms with Crippen molar-refractivity contribution in [3.8, 4) is 5.75 Å². The monoisotopic (exact) mass is 384 g/mol. The molecule has 0 saturated carbocycles. The zero-order valence-electron chi connectivity index (χ0n) is 17.5. The summed E-state index contributed by atoms with van der Waals surface area (Å²) in [5, 5.41) is 4.74. The van der Waals surface area contributed by atoms with Crippen LogP contribution in [-0.2, 0) is 24.8 Å². The first-order valence-electron chi connectivity index (χ1n) is 10.2. The highest BCUT2D eigenvalue weighted by Gasteiger charge is 2.30. The highest BCUT2D eigenvalue weighted by atomic mass is 16.5. The minimum atomic E-state index is 0.0751. The van der Waals surface area contributed by atoms with Crippen LogP contribution >= 0.6 is 0 Å². The van der Waals surface area contributed by atoms with Crippen LogP contribution in [0.3, 0.4) is 0 Å². The summed E-state index contributed by atoms with van der Waals surface area (Å²) >= 11 is 0. The SMILES string of the molecule is CCOc1ccc(CC(=O)N2CCCC[C@@H]2c2cc(CN(C)C)n(C)n2)cc1. The van der Waals surface area contributed by atoms with Crippen LogP contribution in [0.5, 0.6) is 5.75 Å². The number of carbonyl (C=O) groups is 1. The molecule has 1 amide bonds. The van der Waals surface area contributed by atoms with Crippen molar-refractivity contribution in [2.24, 2.45) is 7.05 Å². The molecule has 0 spiro atoms. The molecule has 1 aliphatic heterocycles. The number of carbonyl (C=O) groups excluding carboxylic acids is 1. The molecule has 3 rings (SSSR count). The standard InChI is InChI=1S/C22H32N4O2/c1-5-28-19-11-9-17(10-12-19)14-22(27)26-13-7-6-8-21(26)20-15-18(16-24(2)3)25(4)23-20/h9-12,15,21H,5-8,13-14,16H2,1-4H3/t21-/m1/s1. The largest absolute Gasteiger partial charge is 0.494 e. The smallest absolute Gasteiger partial charge is 0.227 e. The molecule has 0 aliphatic carbocycles. The third-order valence-corrected chi connectivity index (χ3v) is 5.23. The van der Waals surface area contributed by atoms with Crippen LogP contribution in [0.15, 0.2) is 30.3 Å². The molecule has 1 aromatic carbocycles. The van der Waals surface area contributed by atoms with Gasteiger partial charge in [-0.25, -0.2) is 0 Å². The van der Waals surface area contributed by atoms with Crippen molar-refractivity contribution in [2.75, 3.05) is 27.2 Å². The van der Waals surface area contributed by atoms with Crippen molar-refractivity contribution in [2.45, 2.75) is 45.2 Å². The summed E-state index contributed by atoms with van der Waals surface area (Å²) in [6.45, 7) is 4.26. The summed E-state index contributed by atoms with van der Waals surface area (Å²) in [5.41, 5.74) is 3.20. The Balaban J connectivity index is 1.72. The van der Waals surface area contributed by atoms with Gasteiger partial charge in [-0.2, -0.15) is 5.10 Å². The van der Waals surface area contributed by atoms with Crippen LogP contribution < -0.4 is 4.74 Å². The minimum absolute atomic E-state index is 0.0751. The molecule has 28 heavy (non-hydrogen) atoms. The Morgan fingerprint density at radius 2 is 2.00 bits per heavy atom. The van der Waals surface area contributed by atoms with Gasteiger partial charge in [-0.1, -0.05) is 12.1 Å². The number of amides is 1. The fourth-order valence-electron chi connectivity index (χ4n) is 3.85. The zero-order valence-corrected chi connectivity index (χ0v) is 17.5. The third-order valence-electron chi connectivity index (χ3n) is 5.23. The number of hydrogen-bond donors (Lipinski definition) is 0. The molecule has 1 aliphatic rings. The van der Waals surface area contributed by atoms with Gasteiger partial charge in [-0.15, -0.1) is 0 Å². The minimum Gasteiger partial charge on any atom is -0.494 e. The molecule has 2 heterocycles. The van der Waals surface area contributed by atoms with E-state index in [1.165, 1.54) is 5.69 Å². The fourth-order valence-corrected chi connectivity index (χ4v) is 3.85. The molecule has 0 N–H and O–H groups in total. The second-order valence-corrected chi connectivity index (χ2v) is 7.77. The van der Waals surface area contributed by atoms with Crippen LogP contribution in [0, 0.1) is 0 Å². The molecule has 152 valence electrons. The quantitative estimate of drug-likeness (QED) is 0.736. The molecule has 1 atom stereocenters. The molecule has 1 saturated heterocycles. The molecular formula is C22H32N4O2. The lowest BCUT2D eigenvalue weighted by Gasteiger charge is -2.35. The van der Waals surface area contributed by atoms with Crippen LogP contribution in [-0.4, -0.2) is 52.7 Å². The van der Waals surface area contributed by atoms with Gasteiger partial charge in [0.1, 0.15) is 5.75 Å². The first kappa shape index (κ1) is 20.4. The van der Waals surface area contributed by atoms with E-state index in [1.807, 2.05) is 47.8 Å². The van der Waals surface area contributed by atoms with Gasteiger partial charge in [0, 0.05) is 20.1 Å². The van der Waals surface area contributed by atoms with Crippen molar-refractivity contribution in [3.05, 3.63) is 47.3 Å². The van der Waals surface area contributed by atoms with Crippen molar-refractivity contribution in [3.63, 3.8) is 0 Å². The molecular weight excluding hydrogens is 352 g/mol.